The maximum atomic E-state index is 11.6. The third-order valence-corrected chi connectivity index (χ3v) is 4.49. The molecule has 0 saturated heterocycles. The number of carboxylic acids is 1. The number of nitro benzene ring substituents is 1. The zero-order valence-electron chi connectivity index (χ0n) is 11.3. The zero-order valence-corrected chi connectivity index (χ0v) is 12.9. The first kappa shape index (κ1) is 15.7. The molecule has 1 aliphatic rings. The van der Waals surface area contributed by atoms with Crippen LogP contribution in [0.1, 0.15) is 12.8 Å². The Morgan fingerprint density at radius 1 is 1.62 bits per heavy atom. The van der Waals surface area contributed by atoms with Crippen LogP contribution in [0.3, 0.4) is 0 Å². The highest BCUT2D eigenvalue weighted by molar-refractivity contribution is 9.10. The molecule has 21 heavy (non-hydrogen) atoms. The Labute approximate surface area is 129 Å². The van der Waals surface area contributed by atoms with Crippen LogP contribution in [0.5, 0.6) is 5.75 Å². The molecule has 8 heteroatoms. The van der Waals surface area contributed by atoms with Crippen LogP contribution < -0.4 is 10.1 Å². The van der Waals surface area contributed by atoms with Crippen LogP contribution in [0, 0.1) is 16.0 Å². The summed E-state index contributed by atoms with van der Waals surface area (Å²) < 4.78 is 5.76. The second-order valence-corrected chi connectivity index (χ2v) is 5.73. The molecule has 0 bridgehead atoms. The minimum atomic E-state index is -1.16. The molecule has 1 aliphatic carbocycles. The smallest absolute Gasteiger partial charge is 0.327 e. The summed E-state index contributed by atoms with van der Waals surface area (Å²) >= 11 is 3.13. The van der Waals surface area contributed by atoms with Gasteiger partial charge in [0.1, 0.15) is 16.8 Å². The molecule has 0 aliphatic heterocycles. The topological polar surface area (TPSA) is 102 Å². The summed E-state index contributed by atoms with van der Waals surface area (Å²) in [6, 6.07) is 4.41. The first-order valence-corrected chi connectivity index (χ1v) is 7.19. The van der Waals surface area contributed by atoms with Gasteiger partial charge >= 0.3 is 5.97 Å². The van der Waals surface area contributed by atoms with Crippen molar-refractivity contribution in [2.45, 2.75) is 18.4 Å². The lowest BCUT2D eigenvalue weighted by atomic mass is 9.94. The van der Waals surface area contributed by atoms with E-state index in [1.807, 2.05) is 0 Å². The number of nitrogens with one attached hydrogen (secondary N) is 1. The predicted octanol–water partition coefficient (Wildman–Crippen LogP) is 2.19. The van der Waals surface area contributed by atoms with Crippen molar-refractivity contribution in [3.05, 3.63) is 32.8 Å². The minimum absolute atomic E-state index is 0.0115. The number of rotatable bonds is 7. The lowest BCUT2D eigenvalue weighted by molar-refractivity contribution is -0.385. The van der Waals surface area contributed by atoms with Gasteiger partial charge in [0.05, 0.1) is 4.92 Å². The van der Waals surface area contributed by atoms with Gasteiger partial charge in [-0.3, -0.25) is 14.9 Å². The van der Waals surface area contributed by atoms with E-state index >= 15 is 0 Å². The van der Waals surface area contributed by atoms with Gasteiger partial charge in [-0.25, -0.2) is 0 Å². The predicted molar refractivity (Wildman–Crippen MR) is 78.4 cm³/mol. The van der Waals surface area contributed by atoms with Gasteiger partial charge in [-0.05, 0) is 47.8 Å². The molecule has 1 aromatic rings. The first-order chi connectivity index (χ1) is 9.92. The number of hydrogen-bond donors (Lipinski definition) is 2. The highest BCUT2D eigenvalue weighted by Crippen LogP contribution is 2.41. The standard InChI is InChI=1S/C13H15BrN2O5/c1-15-13(12(17)18,8-5-6-8)7-21-10-4-2-3-9(11(10)14)16(19)20/h2-4,8,15H,5-7H2,1H3,(H,17,18). The Bertz CT molecular complexity index is 576. The van der Waals surface area contributed by atoms with Gasteiger partial charge in [-0.2, -0.15) is 0 Å². The number of aliphatic carboxylic acids is 1. The Kier molecular flexibility index (Phi) is 4.48. The molecule has 0 radical (unpaired) electrons. The maximum absolute atomic E-state index is 11.6. The summed E-state index contributed by atoms with van der Waals surface area (Å²) in [7, 11) is 1.58. The van der Waals surface area contributed by atoms with E-state index in [0.717, 1.165) is 12.8 Å². The van der Waals surface area contributed by atoms with Gasteiger partial charge in [0, 0.05) is 6.07 Å². The average Bonchev–Trinajstić information content (AvgIpc) is 3.26. The molecular formula is C13H15BrN2O5. The number of carbonyl (C=O) groups is 1. The highest BCUT2D eigenvalue weighted by atomic mass is 79.9. The Hall–Kier alpha value is -1.67. The van der Waals surface area contributed by atoms with Gasteiger partial charge in [0.25, 0.3) is 5.69 Å². The molecule has 114 valence electrons. The van der Waals surface area contributed by atoms with Crippen LogP contribution >= 0.6 is 15.9 Å². The summed E-state index contributed by atoms with van der Waals surface area (Å²) in [5.41, 5.74) is -1.28. The zero-order chi connectivity index (χ0) is 15.6. The number of benzene rings is 1. The van der Waals surface area contributed by atoms with Gasteiger partial charge < -0.3 is 15.2 Å². The third-order valence-electron chi connectivity index (χ3n) is 3.70. The Balaban J connectivity index is 2.20. The molecule has 1 saturated carbocycles. The largest absolute Gasteiger partial charge is 0.490 e. The number of ether oxygens (including phenoxy) is 1. The average molecular weight is 359 g/mol. The summed E-state index contributed by atoms with van der Waals surface area (Å²) in [6.45, 7) is -0.0940. The number of halogens is 1. The third kappa shape index (κ3) is 3.01. The number of nitrogens with zero attached hydrogens (tertiary/aromatic N) is 1. The van der Waals surface area contributed by atoms with Crippen molar-refractivity contribution in [2.24, 2.45) is 5.92 Å². The van der Waals surface area contributed by atoms with Crippen LogP contribution in [0.25, 0.3) is 0 Å². The molecule has 1 aromatic carbocycles. The van der Waals surface area contributed by atoms with E-state index in [1.165, 1.54) is 12.1 Å². The Morgan fingerprint density at radius 2 is 2.29 bits per heavy atom. The second-order valence-electron chi connectivity index (χ2n) is 4.94. The fraction of sp³-hybridized carbons (Fsp3) is 0.462. The molecule has 1 atom stereocenters. The van der Waals surface area contributed by atoms with Gasteiger partial charge in [-0.1, -0.05) is 6.07 Å². The SMILES string of the molecule is CNC(COc1cccc([N+](=O)[O-])c1Br)(C(=O)O)C1CC1. The number of nitro groups is 1. The first-order valence-electron chi connectivity index (χ1n) is 6.40. The van der Waals surface area contributed by atoms with E-state index in [-0.39, 0.29) is 28.4 Å². The van der Waals surface area contributed by atoms with Gasteiger partial charge in [0.2, 0.25) is 0 Å². The molecule has 7 nitrogen and oxygen atoms in total. The second kappa shape index (κ2) is 5.98. The number of hydrogen-bond acceptors (Lipinski definition) is 5. The van der Waals surface area contributed by atoms with Crippen LogP contribution in [-0.2, 0) is 4.79 Å². The molecule has 1 unspecified atom stereocenters. The van der Waals surface area contributed by atoms with E-state index in [2.05, 4.69) is 21.2 Å². The van der Waals surface area contributed by atoms with Crippen molar-refractivity contribution in [3.8, 4) is 5.75 Å². The summed E-state index contributed by atoms with van der Waals surface area (Å²) in [4.78, 5) is 21.9. The van der Waals surface area contributed by atoms with Crippen molar-refractivity contribution < 1.29 is 19.6 Å². The van der Waals surface area contributed by atoms with E-state index in [4.69, 9.17) is 4.74 Å². The monoisotopic (exact) mass is 358 g/mol. The van der Waals surface area contributed by atoms with E-state index in [1.54, 1.807) is 13.1 Å². The lowest BCUT2D eigenvalue weighted by Crippen LogP contribution is -2.56. The molecule has 0 amide bonds. The normalized spacial score (nSPS) is 17.0. The highest BCUT2D eigenvalue weighted by Gasteiger charge is 2.51. The van der Waals surface area contributed by atoms with Crippen LogP contribution in [0.15, 0.2) is 22.7 Å². The van der Waals surface area contributed by atoms with Crippen molar-refractivity contribution in [1.82, 2.24) is 5.32 Å². The molecule has 2 N–H and O–H groups in total. The van der Waals surface area contributed by atoms with Crippen LogP contribution in [0.4, 0.5) is 5.69 Å². The number of carboxylic acid groups (broad SMARTS) is 1. The minimum Gasteiger partial charge on any atom is -0.490 e. The van der Waals surface area contributed by atoms with E-state index in [0.29, 0.717) is 0 Å². The Morgan fingerprint density at radius 3 is 2.76 bits per heavy atom. The van der Waals surface area contributed by atoms with Crippen LogP contribution in [-0.4, -0.2) is 35.2 Å². The lowest BCUT2D eigenvalue weighted by Gasteiger charge is -2.29. The quantitative estimate of drug-likeness (QED) is 0.572. The van der Waals surface area contributed by atoms with E-state index in [9.17, 15) is 20.0 Å². The van der Waals surface area contributed by atoms with Crippen molar-refractivity contribution in [3.63, 3.8) is 0 Å². The summed E-state index contributed by atoms with van der Waals surface area (Å²) in [6.07, 6.45) is 1.65. The van der Waals surface area contributed by atoms with Gasteiger partial charge in [0.15, 0.2) is 5.54 Å². The van der Waals surface area contributed by atoms with Crippen molar-refractivity contribution in [1.29, 1.82) is 0 Å². The maximum Gasteiger partial charge on any atom is 0.327 e. The molecule has 1 fully saturated rings. The van der Waals surface area contributed by atoms with Crippen molar-refractivity contribution in [2.75, 3.05) is 13.7 Å². The molecule has 0 spiro atoms. The molecule has 0 heterocycles. The van der Waals surface area contributed by atoms with Crippen molar-refractivity contribution >= 4 is 27.6 Å². The van der Waals surface area contributed by atoms with Gasteiger partial charge in [-0.15, -0.1) is 0 Å². The molecule has 0 aromatic heterocycles. The molecule has 2 rings (SSSR count). The fourth-order valence-electron chi connectivity index (χ4n) is 2.26. The summed E-state index contributed by atoms with van der Waals surface area (Å²) in [5.74, 6) is -0.711. The summed E-state index contributed by atoms with van der Waals surface area (Å²) in [5, 5.41) is 23.2. The number of likely N-dealkylation sites (N-methyl/N-ethyl adjacent to an activating group) is 1. The molecular weight excluding hydrogens is 344 g/mol. The van der Waals surface area contributed by atoms with Crippen LogP contribution in [0.2, 0.25) is 0 Å². The fourth-order valence-corrected chi connectivity index (χ4v) is 2.78. The van der Waals surface area contributed by atoms with E-state index < -0.39 is 16.4 Å².